The van der Waals surface area contributed by atoms with Gasteiger partial charge in [0.1, 0.15) is 0 Å². The number of benzene rings is 2. The monoisotopic (exact) mass is 389 g/mol. The van der Waals surface area contributed by atoms with Crippen LogP contribution in [0.3, 0.4) is 0 Å². The topological polar surface area (TPSA) is 99.1 Å². The maximum atomic E-state index is 12.4. The Hall–Kier alpha value is -2.71. The first kappa shape index (κ1) is 18.1. The van der Waals surface area contributed by atoms with Crippen molar-refractivity contribution in [2.75, 3.05) is 0 Å². The SMILES string of the molecule is C[C@H](Sc1nnc(-c2cccc([N+](=O)[O-])c2)o1)C(=O)c1ccc(Cl)cc1. The van der Waals surface area contributed by atoms with Crippen molar-refractivity contribution in [3.8, 4) is 11.5 Å². The van der Waals surface area contributed by atoms with Gasteiger partial charge in [-0.3, -0.25) is 14.9 Å². The van der Waals surface area contributed by atoms with E-state index in [9.17, 15) is 14.9 Å². The molecule has 0 N–H and O–H groups in total. The lowest BCUT2D eigenvalue weighted by molar-refractivity contribution is -0.384. The molecule has 0 radical (unpaired) electrons. The molecule has 132 valence electrons. The molecular formula is C17H12ClN3O4S. The third-order valence-corrected chi connectivity index (χ3v) is 4.67. The van der Waals surface area contributed by atoms with Crippen LogP contribution in [-0.2, 0) is 0 Å². The molecule has 0 saturated heterocycles. The number of nitro benzene ring substituents is 1. The molecule has 7 nitrogen and oxygen atoms in total. The van der Waals surface area contributed by atoms with Gasteiger partial charge >= 0.3 is 0 Å². The largest absolute Gasteiger partial charge is 0.411 e. The molecule has 26 heavy (non-hydrogen) atoms. The van der Waals surface area contributed by atoms with Crippen molar-refractivity contribution in [1.82, 2.24) is 10.2 Å². The Morgan fingerprint density at radius 1 is 1.23 bits per heavy atom. The molecule has 0 aliphatic heterocycles. The zero-order valence-corrected chi connectivity index (χ0v) is 15.0. The van der Waals surface area contributed by atoms with Gasteiger partial charge < -0.3 is 4.42 Å². The fraction of sp³-hybridized carbons (Fsp3) is 0.118. The first-order valence-electron chi connectivity index (χ1n) is 7.49. The smallest absolute Gasteiger partial charge is 0.277 e. The molecule has 1 atom stereocenters. The highest BCUT2D eigenvalue weighted by molar-refractivity contribution is 8.00. The van der Waals surface area contributed by atoms with E-state index < -0.39 is 10.2 Å². The maximum absolute atomic E-state index is 12.4. The molecule has 9 heteroatoms. The van der Waals surface area contributed by atoms with Crippen LogP contribution in [0.1, 0.15) is 17.3 Å². The second kappa shape index (κ2) is 7.67. The second-order valence-electron chi connectivity index (χ2n) is 5.31. The minimum Gasteiger partial charge on any atom is -0.411 e. The van der Waals surface area contributed by atoms with Gasteiger partial charge in [0.25, 0.3) is 10.9 Å². The predicted octanol–water partition coefficient (Wildman–Crippen LogP) is 4.66. The van der Waals surface area contributed by atoms with E-state index in [4.69, 9.17) is 16.0 Å². The maximum Gasteiger partial charge on any atom is 0.277 e. The average Bonchev–Trinajstić information content (AvgIpc) is 3.10. The van der Waals surface area contributed by atoms with Crippen LogP contribution in [0.4, 0.5) is 5.69 Å². The number of Topliss-reactive ketones (excluding diaryl/α,β-unsaturated/α-hetero) is 1. The van der Waals surface area contributed by atoms with E-state index in [1.807, 2.05) is 0 Å². The van der Waals surface area contributed by atoms with E-state index in [0.717, 1.165) is 11.8 Å². The highest BCUT2D eigenvalue weighted by atomic mass is 35.5. The highest BCUT2D eigenvalue weighted by Gasteiger charge is 2.20. The minimum atomic E-state index is -0.498. The molecule has 0 fully saturated rings. The van der Waals surface area contributed by atoms with Crippen LogP contribution < -0.4 is 0 Å². The molecule has 3 aromatic rings. The number of carbonyl (C=O) groups is 1. The van der Waals surface area contributed by atoms with E-state index >= 15 is 0 Å². The summed E-state index contributed by atoms with van der Waals surface area (Å²) in [7, 11) is 0. The van der Waals surface area contributed by atoms with Gasteiger partial charge in [0.2, 0.25) is 5.89 Å². The molecule has 3 rings (SSSR count). The van der Waals surface area contributed by atoms with Gasteiger partial charge in [-0.2, -0.15) is 0 Å². The first-order chi connectivity index (χ1) is 12.4. The third kappa shape index (κ3) is 4.09. The quantitative estimate of drug-likeness (QED) is 0.261. The summed E-state index contributed by atoms with van der Waals surface area (Å²) in [6.07, 6.45) is 0. The lowest BCUT2D eigenvalue weighted by atomic mass is 10.1. The van der Waals surface area contributed by atoms with Gasteiger partial charge in [-0.15, -0.1) is 10.2 Å². The van der Waals surface area contributed by atoms with Gasteiger partial charge in [-0.1, -0.05) is 29.4 Å². The lowest BCUT2D eigenvalue weighted by Crippen LogP contribution is -2.13. The number of ketones is 1. The number of nitro groups is 1. The molecule has 0 spiro atoms. The van der Waals surface area contributed by atoms with Gasteiger partial charge in [-0.25, -0.2) is 0 Å². The molecular weight excluding hydrogens is 378 g/mol. The number of hydrogen-bond donors (Lipinski definition) is 0. The third-order valence-electron chi connectivity index (χ3n) is 3.49. The van der Waals surface area contributed by atoms with Crippen molar-refractivity contribution in [3.05, 3.63) is 69.2 Å². The summed E-state index contributed by atoms with van der Waals surface area (Å²) in [5.41, 5.74) is 0.907. The number of non-ortho nitro benzene ring substituents is 1. The summed E-state index contributed by atoms with van der Waals surface area (Å²) in [6.45, 7) is 1.73. The van der Waals surface area contributed by atoms with E-state index in [0.29, 0.717) is 16.1 Å². The van der Waals surface area contributed by atoms with Crippen molar-refractivity contribution in [2.45, 2.75) is 17.4 Å². The Morgan fingerprint density at radius 3 is 2.65 bits per heavy atom. The Morgan fingerprint density at radius 2 is 1.96 bits per heavy atom. The van der Waals surface area contributed by atoms with Gasteiger partial charge in [0.05, 0.1) is 10.2 Å². The molecule has 0 bridgehead atoms. The predicted molar refractivity (Wildman–Crippen MR) is 97.5 cm³/mol. The first-order valence-corrected chi connectivity index (χ1v) is 8.74. The average molecular weight is 390 g/mol. The van der Waals surface area contributed by atoms with Crippen molar-refractivity contribution in [1.29, 1.82) is 0 Å². The molecule has 0 aliphatic rings. The fourth-order valence-corrected chi connectivity index (χ4v) is 3.07. The Balaban J connectivity index is 1.73. The van der Waals surface area contributed by atoms with E-state index in [1.165, 1.54) is 18.2 Å². The number of halogens is 1. The fourth-order valence-electron chi connectivity index (χ4n) is 2.18. The van der Waals surface area contributed by atoms with Crippen LogP contribution in [0.5, 0.6) is 0 Å². The number of carbonyl (C=O) groups excluding carboxylic acids is 1. The Bertz CT molecular complexity index is 959. The molecule has 2 aromatic carbocycles. The van der Waals surface area contributed by atoms with E-state index in [-0.39, 0.29) is 22.6 Å². The zero-order valence-electron chi connectivity index (χ0n) is 13.5. The van der Waals surface area contributed by atoms with E-state index in [1.54, 1.807) is 37.3 Å². The van der Waals surface area contributed by atoms with Crippen molar-refractivity contribution in [3.63, 3.8) is 0 Å². The Kier molecular flexibility index (Phi) is 5.34. The molecule has 1 heterocycles. The lowest BCUT2D eigenvalue weighted by Gasteiger charge is -2.07. The number of nitrogens with zero attached hydrogens (tertiary/aromatic N) is 3. The minimum absolute atomic E-state index is 0.0683. The van der Waals surface area contributed by atoms with Gasteiger partial charge in [0, 0.05) is 28.3 Å². The Labute approximate surface area is 157 Å². The molecule has 1 aromatic heterocycles. The van der Waals surface area contributed by atoms with Crippen molar-refractivity contribution < 1.29 is 14.1 Å². The van der Waals surface area contributed by atoms with Crippen LogP contribution >= 0.6 is 23.4 Å². The number of rotatable bonds is 6. The molecule has 0 saturated carbocycles. The van der Waals surface area contributed by atoms with Crippen LogP contribution in [0.25, 0.3) is 11.5 Å². The van der Waals surface area contributed by atoms with Crippen molar-refractivity contribution >= 4 is 34.8 Å². The number of hydrogen-bond acceptors (Lipinski definition) is 7. The number of thioether (sulfide) groups is 1. The summed E-state index contributed by atoms with van der Waals surface area (Å²) < 4.78 is 5.53. The molecule has 0 unspecified atom stereocenters. The summed E-state index contributed by atoms with van der Waals surface area (Å²) in [6, 6.07) is 12.5. The van der Waals surface area contributed by atoms with Crippen molar-refractivity contribution in [2.24, 2.45) is 0 Å². The zero-order chi connectivity index (χ0) is 18.7. The standard InChI is InChI=1S/C17H12ClN3O4S/c1-10(15(22)11-5-7-13(18)8-6-11)26-17-20-19-16(25-17)12-3-2-4-14(9-12)21(23)24/h2-10H,1H3/t10-/m0/s1. The van der Waals surface area contributed by atoms with Crippen LogP contribution in [0, 0.1) is 10.1 Å². The highest BCUT2D eigenvalue weighted by Crippen LogP contribution is 2.29. The van der Waals surface area contributed by atoms with Gasteiger partial charge in [0.15, 0.2) is 5.78 Å². The van der Waals surface area contributed by atoms with Crippen LogP contribution in [-0.4, -0.2) is 26.2 Å². The van der Waals surface area contributed by atoms with Crippen LogP contribution in [0.2, 0.25) is 5.02 Å². The van der Waals surface area contributed by atoms with E-state index in [2.05, 4.69) is 10.2 Å². The molecule has 0 aliphatic carbocycles. The van der Waals surface area contributed by atoms with Crippen LogP contribution in [0.15, 0.2) is 58.2 Å². The summed E-state index contributed by atoms with van der Waals surface area (Å²) in [5.74, 6) is 0.0594. The molecule has 0 amide bonds. The summed E-state index contributed by atoms with van der Waals surface area (Å²) >= 11 is 6.95. The van der Waals surface area contributed by atoms with Gasteiger partial charge in [-0.05, 0) is 37.3 Å². The number of aromatic nitrogens is 2. The second-order valence-corrected chi connectivity index (χ2v) is 7.04. The normalized spacial score (nSPS) is 11.9. The summed E-state index contributed by atoms with van der Waals surface area (Å²) in [4.78, 5) is 22.8. The summed E-state index contributed by atoms with van der Waals surface area (Å²) in [5, 5.41) is 19.0.